The molecule has 0 saturated heterocycles. The Labute approximate surface area is 178 Å². The first kappa shape index (κ1) is 23.1. The molecule has 0 fully saturated rings. The van der Waals surface area contributed by atoms with Crippen LogP contribution in [0.5, 0.6) is 11.5 Å². The van der Waals surface area contributed by atoms with E-state index >= 15 is 0 Å². The maximum absolute atomic E-state index is 12.5. The fourth-order valence-electron chi connectivity index (χ4n) is 2.61. The van der Waals surface area contributed by atoms with Gasteiger partial charge < -0.3 is 25.2 Å². The number of carboxylic acids is 1. The number of hydrogen-bond acceptors (Lipinski definition) is 6. The summed E-state index contributed by atoms with van der Waals surface area (Å²) in [6, 6.07) is 8.84. The van der Waals surface area contributed by atoms with Crippen LogP contribution in [0.1, 0.15) is 34.6 Å². The van der Waals surface area contributed by atoms with Crippen LogP contribution in [0.2, 0.25) is 0 Å². The van der Waals surface area contributed by atoms with Crippen molar-refractivity contribution in [2.45, 2.75) is 13.8 Å². The molecule has 2 rings (SSSR count). The molecule has 0 unspecified atom stereocenters. The van der Waals surface area contributed by atoms with Crippen LogP contribution in [0.3, 0.4) is 0 Å². The second-order valence-electron chi connectivity index (χ2n) is 6.46. The lowest BCUT2D eigenvalue weighted by atomic mass is 10.1. The van der Waals surface area contributed by atoms with E-state index < -0.39 is 17.8 Å². The summed E-state index contributed by atoms with van der Waals surface area (Å²) < 4.78 is 10.2. The van der Waals surface area contributed by atoms with Crippen molar-refractivity contribution in [1.29, 1.82) is 0 Å². The topological polar surface area (TPSA) is 131 Å². The van der Waals surface area contributed by atoms with Crippen molar-refractivity contribution in [3.8, 4) is 11.5 Å². The number of benzene rings is 2. The number of rotatable bonds is 8. The second kappa shape index (κ2) is 10.1. The van der Waals surface area contributed by atoms with E-state index in [1.165, 1.54) is 40.2 Å². The van der Waals surface area contributed by atoms with Gasteiger partial charge in [-0.15, -0.1) is 0 Å². The number of amides is 2. The molecule has 0 atom stereocenters. The zero-order valence-electron chi connectivity index (χ0n) is 17.4. The fourth-order valence-corrected chi connectivity index (χ4v) is 2.61. The molecular formula is C22H22N2O7. The monoisotopic (exact) mass is 426 g/mol. The molecule has 3 N–H and O–H groups in total. The molecule has 0 bridgehead atoms. The molecule has 0 spiro atoms. The molecule has 0 heterocycles. The van der Waals surface area contributed by atoms with Crippen LogP contribution in [-0.4, -0.2) is 42.9 Å². The van der Waals surface area contributed by atoms with E-state index in [0.29, 0.717) is 11.3 Å². The number of methoxy groups -OCH3 is 2. The number of anilines is 2. The number of Topliss-reactive ketones (excluding diaryl/α,β-unsaturated/α-hetero) is 1. The molecule has 0 aliphatic heterocycles. The lowest BCUT2D eigenvalue weighted by Gasteiger charge is -2.14. The van der Waals surface area contributed by atoms with Crippen LogP contribution in [0, 0.1) is 0 Å². The zero-order chi connectivity index (χ0) is 23.1. The number of ketones is 1. The fraction of sp³-hybridized carbons (Fsp3) is 0.182. The van der Waals surface area contributed by atoms with Crippen molar-refractivity contribution < 1.29 is 33.8 Å². The summed E-state index contributed by atoms with van der Waals surface area (Å²) in [5.41, 5.74) is 0.793. The third-order valence-electron chi connectivity index (χ3n) is 4.27. The molecule has 0 saturated carbocycles. The highest BCUT2D eigenvalue weighted by molar-refractivity contribution is 6.11. The van der Waals surface area contributed by atoms with E-state index in [9.17, 15) is 24.3 Å². The van der Waals surface area contributed by atoms with Crippen LogP contribution in [0.25, 0.3) is 0 Å². The maximum Gasteiger partial charge on any atom is 0.337 e. The Morgan fingerprint density at radius 1 is 0.903 bits per heavy atom. The minimum atomic E-state index is -1.27. The summed E-state index contributed by atoms with van der Waals surface area (Å²) in [6.07, 6.45) is 1.08. The van der Waals surface area contributed by atoms with Gasteiger partial charge in [0.05, 0.1) is 25.5 Å². The zero-order valence-corrected chi connectivity index (χ0v) is 17.4. The molecule has 2 aromatic carbocycles. The summed E-state index contributed by atoms with van der Waals surface area (Å²) in [5, 5.41) is 14.5. The molecule has 31 heavy (non-hydrogen) atoms. The van der Waals surface area contributed by atoms with Gasteiger partial charge in [-0.25, -0.2) is 4.79 Å². The Morgan fingerprint density at radius 3 is 2.00 bits per heavy atom. The quantitative estimate of drug-likeness (QED) is 0.436. The summed E-state index contributed by atoms with van der Waals surface area (Å²) in [6.45, 7) is 2.85. The van der Waals surface area contributed by atoms with Gasteiger partial charge >= 0.3 is 5.97 Å². The third-order valence-corrected chi connectivity index (χ3v) is 4.27. The molecule has 0 aliphatic rings. The third kappa shape index (κ3) is 5.92. The molecule has 0 aromatic heterocycles. The lowest BCUT2D eigenvalue weighted by molar-refractivity contribution is -0.114. The van der Waals surface area contributed by atoms with Gasteiger partial charge in [-0.3, -0.25) is 14.4 Å². The Balaban J connectivity index is 2.17. The SMILES string of the molecule is COc1cc(NC(=O)/C(C)=C\C(=O)Nc2ccc(C(C)=O)cc2)c(C(=O)O)cc1OC. The first-order valence-corrected chi connectivity index (χ1v) is 9.07. The van der Waals surface area contributed by atoms with Gasteiger partial charge in [0, 0.05) is 35.0 Å². The van der Waals surface area contributed by atoms with E-state index in [1.54, 1.807) is 24.3 Å². The van der Waals surface area contributed by atoms with Gasteiger partial charge in [0.25, 0.3) is 5.91 Å². The number of carbonyl (C=O) groups is 4. The average Bonchev–Trinajstić information content (AvgIpc) is 2.73. The van der Waals surface area contributed by atoms with Gasteiger partial charge in [0.1, 0.15) is 0 Å². The van der Waals surface area contributed by atoms with Gasteiger partial charge in [-0.2, -0.15) is 0 Å². The molecule has 162 valence electrons. The van der Waals surface area contributed by atoms with Crippen molar-refractivity contribution in [3.05, 3.63) is 59.2 Å². The van der Waals surface area contributed by atoms with Gasteiger partial charge in [0.15, 0.2) is 17.3 Å². The highest BCUT2D eigenvalue weighted by Crippen LogP contribution is 2.33. The number of ether oxygens (including phenoxy) is 2. The number of nitrogens with one attached hydrogen (secondary N) is 2. The minimum Gasteiger partial charge on any atom is -0.493 e. The molecule has 2 amide bonds. The Kier molecular flexibility index (Phi) is 7.51. The van der Waals surface area contributed by atoms with Gasteiger partial charge in [-0.05, 0) is 38.1 Å². The standard InChI is InChI=1S/C22H22N2O7/c1-12(9-20(26)23-15-7-5-14(6-8-15)13(2)25)21(27)24-17-11-19(31-4)18(30-3)10-16(17)22(28)29/h5-11H,1-4H3,(H,23,26)(H,24,27)(H,28,29)/b12-9-. The Bertz CT molecular complexity index is 1060. The van der Waals surface area contributed by atoms with Crippen molar-refractivity contribution in [2.75, 3.05) is 24.9 Å². The number of carbonyl (C=O) groups excluding carboxylic acids is 3. The van der Waals surface area contributed by atoms with E-state index in [-0.39, 0.29) is 34.1 Å². The maximum atomic E-state index is 12.5. The van der Waals surface area contributed by atoms with Crippen LogP contribution in [-0.2, 0) is 9.59 Å². The Morgan fingerprint density at radius 2 is 1.48 bits per heavy atom. The normalized spacial score (nSPS) is 10.8. The van der Waals surface area contributed by atoms with Gasteiger partial charge in [-0.1, -0.05) is 0 Å². The summed E-state index contributed by atoms with van der Waals surface area (Å²) in [5.74, 6) is -2.17. The predicted octanol–water partition coefficient (Wildman–Crippen LogP) is 3.13. The van der Waals surface area contributed by atoms with Crippen LogP contribution in [0.4, 0.5) is 11.4 Å². The van der Waals surface area contributed by atoms with Crippen LogP contribution in [0.15, 0.2) is 48.0 Å². The number of carboxylic acid groups (broad SMARTS) is 1. The lowest BCUT2D eigenvalue weighted by Crippen LogP contribution is -2.18. The minimum absolute atomic E-state index is 0.0110. The summed E-state index contributed by atoms with van der Waals surface area (Å²) in [7, 11) is 2.74. The highest BCUT2D eigenvalue weighted by Gasteiger charge is 2.19. The van der Waals surface area contributed by atoms with E-state index in [4.69, 9.17) is 9.47 Å². The van der Waals surface area contributed by atoms with Crippen molar-refractivity contribution in [2.24, 2.45) is 0 Å². The summed E-state index contributed by atoms with van der Waals surface area (Å²) >= 11 is 0. The molecule has 9 nitrogen and oxygen atoms in total. The second-order valence-corrected chi connectivity index (χ2v) is 6.46. The molecule has 0 radical (unpaired) electrons. The average molecular weight is 426 g/mol. The van der Waals surface area contributed by atoms with Crippen molar-refractivity contribution >= 4 is 34.9 Å². The first-order valence-electron chi connectivity index (χ1n) is 9.07. The Hall–Kier alpha value is -4.14. The highest BCUT2D eigenvalue weighted by atomic mass is 16.5. The van der Waals surface area contributed by atoms with E-state index in [1.807, 2.05) is 0 Å². The van der Waals surface area contributed by atoms with Crippen LogP contribution >= 0.6 is 0 Å². The molecule has 2 aromatic rings. The molecule has 0 aliphatic carbocycles. The van der Waals surface area contributed by atoms with Crippen molar-refractivity contribution in [1.82, 2.24) is 0 Å². The smallest absolute Gasteiger partial charge is 0.337 e. The largest absolute Gasteiger partial charge is 0.493 e. The van der Waals surface area contributed by atoms with Crippen LogP contribution < -0.4 is 20.1 Å². The van der Waals surface area contributed by atoms with E-state index in [0.717, 1.165) is 6.08 Å². The molecule has 9 heteroatoms. The predicted molar refractivity (Wildman–Crippen MR) is 114 cm³/mol. The van der Waals surface area contributed by atoms with Gasteiger partial charge in [0.2, 0.25) is 5.91 Å². The summed E-state index contributed by atoms with van der Waals surface area (Å²) in [4.78, 5) is 47.5. The van der Waals surface area contributed by atoms with Crippen molar-refractivity contribution in [3.63, 3.8) is 0 Å². The first-order chi connectivity index (χ1) is 14.7. The number of aromatic carboxylic acids is 1. The number of hydrogen-bond donors (Lipinski definition) is 3. The molecular weight excluding hydrogens is 404 g/mol. The van der Waals surface area contributed by atoms with E-state index in [2.05, 4.69) is 10.6 Å².